The second-order valence-electron chi connectivity index (χ2n) is 7.71. The first-order valence-electron chi connectivity index (χ1n) is 9.92. The largest absolute Gasteiger partial charge is 0.478 e. The van der Waals surface area contributed by atoms with Crippen LogP contribution in [0.1, 0.15) is 45.5 Å². The maximum absolute atomic E-state index is 12.6. The van der Waals surface area contributed by atoms with Crippen molar-refractivity contribution in [1.29, 1.82) is 0 Å². The molecule has 4 rings (SSSR count). The van der Waals surface area contributed by atoms with Crippen LogP contribution in [0.25, 0.3) is 0 Å². The number of aromatic nitrogens is 1. The van der Waals surface area contributed by atoms with E-state index in [1.807, 2.05) is 29.2 Å². The number of carbonyl (C=O) groups is 2. The van der Waals surface area contributed by atoms with Gasteiger partial charge < -0.3 is 14.9 Å². The van der Waals surface area contributed by atoms with Crippen molar-refractivity contribution in [3.8, 4) is 0 Å². The van der Waals surface area contributed by atoms with Crippen LogP contribution in [0.4, 0.5) is 5.82 Å². The zero-order valence-corrected chi connectivity index (χ0v) is 15.9. The summed E-state index contributed by atoms with van der Waals surface area (Å²) in [6.45, 7) is 3.52. The van der Waals surface area contributed by atoms with Crippen molar-refractivity contribution in [2.75, 3.05) is 31.1 Å². The van der Waals surface area contributed by atoms with Crippen LogP contribution in [0.3, 0.4) is 0 Å². The Hall–Kier alpha value is -2.89. The number of rotatable bonds is 5. The number of benzene rings is 1. The summed E-state index contributed by atoms with van der Waals surface area (Å²) in [6, 6.07) is 10.9. The molecule has 0 radical (unpaired) electrons. The van der Waals surface area contributed by atoms with E-state index in [0.717, 1.165) is 68.8 Å². The number of likely N-dealkylation sites (tertiary alicyclic amines) is 1. The van der Waals surface area contributed by atoms with Crippen molar-refractivity contribution in [3.05, 3.63) is 59.3 Å². The molecular weight excluding hydrogens is 354 g/mol. The second-order valence-corrected chi connectivity index (χ2v) is 7.71. The lowest BCUT2D eigenvalue weighted by Gasteiger charge is -2.20. The van der Waals surface area contributed by atoms with Crippen molar-refractivity contribution < 1.29 is 14.7 Å². The summed E-state index contributed by atoms with van der Waals surface area (Å²) < 4.78 is 0. The lowest BCUT2D eigenvalue weighted by Crippen LogP contribution is -2.28. The van der Waals surface area contributed by atoms with Crippen molar-refractivity contribution in [2.45, 2.75) is 25.7 Å². The molecule has 2 aliphatic heterocycles. The van der Waals surface area contributed by atoms with Crippen molar-refractivity contribution in [3.63, 3.8) is 0 Å². The highest BCUT2D eigenvalue weighted by Crippen LogP contribution is 2.26. The average molecular weight is 379 g/mol. The fourth-order valence-electron chi connectivity index (χ4n) is 4.15. The first-order chi connectivity index (χ1) is 13.6. The van der Waals surface area contributed by atoms with Gasteiger partial charge in [0.15, 0.2) is 0 Å². The van der Waals surface area contributed by atoms with Crippen LogP contribution in [0.5, 0.6) is 0 Å². The molecule has 1 N–H and O–H groups in total. The molecule has 0 spiro atoms. The Morgan fingerprint density at radius 1 is 1.04 bits per heavy atom. The van der Waals surface area contributed by atoms with Gasteiger partial charge >= 0.3 is 5.97 Å². The monoisotopic (exact) mass is 379 g/mol. The van der Waals surface area contributed by atoms with Crippen molar-refractivity contribution in [1.82, 2.24) is 9.88 Å². The average Bonchev–Trinajstić information content (AvgIpc) is 3.40. The smallest absolute Gasteiger partial charge is 0.335 e. The summed E-state index contributed by atoms with van der Waals surface area (Å²) in [7, 11) is 0. The molecule has 2 aromatic rings. The quantitative estimate of drug-likeness (QED) is 0.864. The lowest BCUT2D eigenvalue weighted by molar-refractivity contribution is 0.0696. The number of pyridine rings is 1. The van der Waals surface area contributed by atoms with E-state index in [4.69, 9.17) is 5.11 Å². The lowest BCUT2D eigenvalue weighted by atomic mass is 9.98. The van der Waals surface area contributed by atoms with E-state index >= 15 is 0 Å². The van der Waals surface area contributed by atoms with Crippen LogP contribution in [0, 0.1) is 5.92 Å². The minimum Gasteiger partial charge on any atom is -0.478 e. The van der Waals surface area contributed by atoms with E-state index in [1.54, 1.807) is 18.3 Å². The third kappa shape index (κ3) is 4.01. The highest BCUT2D eigenvalue weighted by molar-refractivity contribution is 5.95. The number of amides is 1. The summed E-state index contributed by atoms with van der Waals surface area (Å²) in [4.78, 5) is 32.3. The molecule has 1 amide bonds. The standard InChI is InChI=1S/C22H25N3O3/c26-21(24-10-1-2-11-24)19-7-9-23-20(14-19)25-12-8-17(15-25)13-16-3-5-18(6-4-16)22(27)28/h3-7,9,14,17H,1-2,8,10-13,15H2,(H,27,28). The molecule has 2 fully saturated rings. The van der Waals surface area contributed by atoms with E-state index in [2.05, 4.69) is 9.88 Å². The summed E-state index contributed by atoms with van der Waals surface area (Å²) in [5.74, 6) is 0.577. The fourth-order valence-corrected chi connectivity index (χ4v) is 4.15. The van der Waals surface area contributed by atoms with Gasteiger partial charge in [-0.2, -0.15) is 0 Å². The van der Waals surface area contributed by atoms with Crippen LogP contribution < -0.4 is 4.90 Å². The number of carboxylic acids is 1. The van der Waals surface area contributed by atoms with Gasteiger partial charge in [0.05, 0.1) is 5.56 Å². The van der Waals surface area contributed by atoms with Crippen LogP contribution >= 0.6 is 0 Å². The molecule has 0 aliphatic carbocycles. The van der Waals surface area contributed by atoms with Crippen LogP contribution in [0.2, 0.25) is 0 Å². The Morgan fingerprint density at radius 3 is 2.50 bits per heavy atom. The molecule has 1 aromatic heterocycles. The normalized spacial score (nSPS) is 19.2. The zero-order valence-electron chi connectivity index (χ0n) is 15.9. The maximum Gasteiger partial charge on any atom is 0.335 e. The van der Waals surface area contributed by atoms with Crippen molar-refractivity contribution >= 4 is 17.7 Å². The predicted octanol–water partition coefficient (Wildman–Crippen LogP) is 3.08. The van der Waals surface area contributed by atoms with Gasteiger partial charge in [0.2, 0.25) is 0 Å². The van der Waals surface area contributed by atoms with Crippen LogP contribution in [-0.2, 0) is 6.42 Å². The van der Waals surface area contributed by atoms with E-state index in [0.29, 0.717) is 11.5 Å². The number of hydrogen-bond acceptors (Lipinski definition) is 4. The number of aromatic carboxylic acids is 1. The van der Waals surface area contributed by atoms with Crippen LogP contribution in [-0.4, -0.2) is 53.0 Å². The maximum atomic E-state index is 12.6. The van der Waals surface area contributed by atoms with Gasteiger partial charge in [0.1, 0.15) is 5.82 Å². The molecule has 6 heteroatoms. The molecule has 0 bridgehead atoms. The third-order valence-corrected chi connectivity index (χ3v) is 5.72. The minimum absolute atomic E-state index is 0.107. The van der Waals surface area contributed by atoms with Gasteiger partial charge in [-0.3, -0.25) is 4.79 Å². The van der Waals surface area contributed by atoms with Crippen LogP contribution in [0.15, 0.2) is 42.6 Å². The molecule has 0 saturated carbocycles. The number of carbonyl (C=O) groups excluding carboxylic acids is 1. The molecule has 1 unspecified atom stereocenters. The van der Waals surface area contributed by atoms with Gasteiger partial charge in [-0.15, -0.1) is 0 Å². The number of anilines is 1. The first kappa shape index (κ1) is 18.5. The molecule has 2 saturated heterocycles. The highest BCUT2D eigenvalue weighted by atomic mass is 16.4. The van der Waals surface area contributed by atoms with Gasteiger partial charge in [-0.1, -0.05) is 12.1 Å². The SMILES string of the molecule is O=C(O)c1ccc(CC2CCN(c3cc(C(=O)N4CCCC4)ccn3)C2)cc1. The van der Waals surface area contributed by atoms with E-state index in [-0.39, 0.29) is 5.91 Å². The van der Waals surface area contributed by atoms with E-state index < -0.39 is 5.97 Å². The van der Waals surface area contributed by atoms with E-state index in [1.165, 1.54) is 0 Å². The van der Waals surface area contributed by atoms with Gasteiger partial charge in [0, 0.05) is 37.9 Å². The minimum atomic E-state index is -0.895. The first-order valence-corrected chi connectivity index (χ1v) is 9.92. The molecule has 1 atom stereocenters. The van der Waals surface area contributed by atoms with Gasteiger partial charge in [0.25, 0.3) is 5.91 Å². The summed E-state index contributed by atoms with van der Waals surface area (Å²) in [6.07, 6.45) is 5.89. The summed E-state index contributed by atoms with van der Waals surface area (Å²) in [5.41, 5.74) is 2.20. The molecule has 28 heavy (non-hydrogen) atoms. The molecule has 146 valence electrons. The predicted molar refractivity (Wildman–Crippen MR) is 107 cm³/mol. The molecular formula is C22H25N3O3. The fraction of sp³-hybridized carbons (Fsp3) is 0.409. The Bertz CT molecular complexity index is 860. The highest BCUT2D eigenvalue weighted by Gasteiger charge is 2.25. The Balaban J connectivity index is 1.39. The molecule has 1 aromatic carbocycles. The number of carboxylic acid groups (broad SMARTS) is 1. The van der Waals surface area contributed by atoms with Gasteiger partial charge in [-0.05, 0) is 61.4 Å². The summed E-state index contributed by atoms with van der Waals surface area (Å²) in [5, 5.41) is 9.01. The Morgan fingerprint density at radius 2 is 1.79 bits per heavy atom. The third-order valence-electron chi connectivity index (χ3n) is 5.72. The zero-order chi connectivity index (χ0) is 19.5. The summed E-state index contributed by atoms with van der Waals surface area (Å²) >= 11 is 0. The van der Waals surface area contributed by atoms with E-state index in [9.17, 15) is 9.59 Å². The van der Waals surface area contributed by atoms with Gasteiger partial charge in [-0.25, -0.2) is 9.78 Å². The topological polar surface area (TPSA) is 73.7 Å². The number of hydrogen-bond donors (Lipinski definition) is 1. The Kier molecular flexibility index (Phi) is 5.28. The molecule has 2 aliphatic rings. The second kappa shape index (κ2) is 8.00. The molecule has 6 nitrogen and oxygen atoms in total. The number of nitrogens with zero attached hydrogens (tertiary/aromatic N) is 3. The Labute approximate surface area is 164 Å². The molecule has 3 heterocycles. The van der Waals surface area contributed by atoms with Crippen molar-refractivity contribution in [2.24, 2.45) is 5.92 Å².